The molecule has 0 bridgehead atoms. The maximum atomic E-state index is 6.07. The Morgan fingerprint density at radius 2 is 2.33 bits per heavy atom. The summed E-state index contributed by atoms with van der Waals surface area (Å²) in [6, 6.07) is 0. The van der Waals surface area contributed by atoms with Gasteiger partial charge in [-0.05, 0) is 18.8 Å². The fourth-order valence-electron chi connectivity index (χ4n) is 2.49. The molecule has 0 aliphatic carbocycles. The molecule has 5 nitrogen and oxygen atoms in total. The van der Waals surface area contributed by atoms with Crippen LogP contribution in [0.4, 0.5) is 5.82 Å². The van der Waals surface area contributed by atoms with Gasteiger partial charge in [0.15, 0.2) is 5.82 Å². The van der Waals surface area contributed by atoms with Gasteiger partial charge in [0.25, 0.3) is 0 Å². The zero-order valence-corrected chi connectivity index (χ0v) is 10.8. The van der Waals surface area contributed by atoms with E-state index in [9.17, 15) is 0 Å². The molecule has 3 heterocycles. The zero-order chi connectivity index (χ0) is 12.7. The van der Waals surface area contributed by atoms with Crippen LogP contribution in [0.3, 0.4) is 0 Å². The van der Waals surface area contributed by atoms with Gasteiger partial charge in [0.2, 0.25) is 0 Å². The average molecular weight is 246 g/mol. The highest BCUT2D eigenvalue weighted by molar-refractivity contribution is 5.83. The first-order valence-corrected chi connectivity index (χ1v) is 6.37. The van der Waals surface area contributed by atoms with Crippen LogP contribution in [0.5, 0.6) is 0 Å². The topological polar surface area (TPSA) is 51.4 Å². The summed E-state index contributed by atoms with van der Waals surface area (Å²) in [5.74, 6) is 1.39. The molecule has 2 aliphatic heterocycles. The van der Waals surface area contributed by atoms with Gasteiger partial charge >= 0.3 is 0 Å². The summed E-state index contributed by atoms with van der Waals surface area (Å²) in [5, 5.41) is 2.97. The molecule has 18 heavy (non-hydrogen) atoms. The van der Waals surface area contributed by atoms with Crippen molar-refractivity contribution in [3.8, 4) is 0 Å². The van der Waals surface area contributed by atoms with Crippen molar-refractivity contribution < 1.29 is 4.74 Å². The number of aliphatic imine (C=N–C) groups is 1. The Morgan fingerprint density at radius 3 is 3.06 bits per heavy atom. The number of nitrogens with one attached hydrogen (secondary N) is 1. The molecule has 0 spiro atoms. The van der Waals surface area contributed by atoms with E-state index in [-0.39, 0.29) is 6.23 Å². The molecule has 0 radical (unpaired) electrons. The minimum Gasteiger partial charge on any atom is -0.354 e. The summed E-state index contributed by atoms with van der Waals surface area (Å²) in [6.07, 6.45) is 5.95. The molecule has 1 fully saturated rings. The normalized spacial score (nSPS) is 26.5. The Hall–Kier alpha value is -1.62. The molecule has 2 aliphatic rings. The van der Waals surface area contributed by atoms with Gasteiger partial charge in [-0.1, -0.05) is 20.4 Å². The second-order valence-corrected chi connectivity index (χ2v) is 5.16. The lowest BCUT2D eigenvalue weighted by Crippen LogP contribution is -2.17. The molecule has 1 aromatic rings. The zero-order valence-electron chi connectivity index (χ0n) is 10.8. The summed E-state index contributed by atoms with van der Waals surface area (Å²) in [7, 11) is 0. The van der Waals surface area contributed by atoms with E-state index in [1.165, 1.54) is 0 Å². The Morgan fingerprint density at radius 1 is 1.50 bits per heavy atom. The maximum Gasteiger partial charge on any atom is 0.165 e. The van der Waals surface area contributed by atoms with Crippen LogP contribution in [0.15, 0.2) is 17.9 Å². The van der Waals surface area contributed by atoms with Crippen molar-refractivity contribution in [1.82, 2.24) is 14.9 Å². The van der Waals surface area contributed by atoms with E-state index in [0.29, 0.717) is 12.0 Å². The lowest BCUT2D eigenvalue weighted by atomic mass is 10.1. The van der Waals surface area contributed by atoms with E-state index < -0.39 is 0 Å². The molecule has 1 saturated heterocycles. The van der Waals surface area contributed by atoms with Gasteiger partial charge in [0, 0.05) is 0 Å². The second kappa shape index (κ2) is 4.24. The minimum absolute atomic E-state index is 0.0525. The van der Waals surface area contributed by atoms with Crippen LogP contribution in [0.25, 0.3) is 5.70 Å². The largest absolute Gasteiger partial charge is 0.354 e. The molecule has 1 N–H and O–H groups in total. The van der Waals surface area contributed by atoms with E-state index in [4.69, 9.17) is 4.74 Å². The Kier molecular flexibility index (Phi) is 2.70. The van der Waals surface area contributed by atoms with E-state index in [2.05, 4.69) is 35.7 Å². The van der Waals surface area contributed by atoms with E-state index in [0.717, 1.165) is 30.1 Å². The highest BCUT2D eigenvalue weighted by Gasteiger charge is 2.31. The van der Waals surface area contributed by atoms with E-state index >= 15 is 0 Å². The lowest BCUT2D eigenvalue weighted by Gasteiger charge is -2.19. The van der Waals surface area contributed by atoms with Crippen LogP contribution in [0.1, 0.15) is 38.6 Å². The predicted octanol–water partition coefficient (Wildman–Crippen LogP) is 2.45. The molecular weight excluding hydrogens is 228 g/mol. The fraction of sp³-hybridized carbons (Fsp3) is 0.538. The first-order chi connectivity index (χ1) is 8.66. The Balaban J connectivity index is 1.87. The summed E-state index contributed by atoms with van der Waals surface area (Å²) in [4.78, 5) is 8.70. The molecule has 1 aromatic heterocycles. The van der Waals surface area contributed by atoms with Crippen LogP contribution in [-0.4, -0.2) is 22.0 Å². The first kappa shape index (κ1) is 11.5. The van der Waals surface area contributed by atoms with Gasteiger partial charge in [-0.3, -0.25) is 4.57 Å². The van der Waals surface area contributed by atoms with Gasteiger partial charge in [0.05, 0.1) is 24.5 Å². The van der Waals surface area contributed by atoms with Crippen molar-refractivity contribution in [3.05, 3.63) is 18.6 Å². The van der Waals surface area contributed by atoms with Crippen molar-refractivity contribution in [2.45, 2.75) is 39.0 Å². The van der Waals surface area contributed by atoms with Crippen LogP contribution in [0.2, 0.25) is 0 Å². The second-order valence-electron chi connectivity index (χ2n) is 5.16. The lowest BCUT2D eigenvalue weighted by molar-refractivity contribution is -0.0174. The monoisotopic (exact) mass is 246 g/mol. The summed E-state index contributed by atoms with van der Waals surface area (Å²) < 4.78 is 8.08. The number of aromatic nitrogens is 2. The van der Waals surface area contributed by atoms with Crippen LogP contribution < -0.4 is 5.32 Å². The minimum atomic E-state index is 0.0525. The SMILES string of the molecule is C=C1NC=Nc2c1ncn2C1CCC(C(C)C)O1. The number of nitrogens with zero attached hydrogens (tertiary/aromatic N) is 3. The maximum absolute atomic E-state index is 6.07. The highest BCUT2D eigenvalue weighted by atomic mass is 16.5. The van der Waals surface area contributed by atoms with Crippen LogP contribution >= 0.6 is 0 Å². The third kappa shape index (κ3) is 1.75. The quantitative estimate of drug-likeness (QED) is 0.872. The standard InChI is InChI=1S/C13H18N4O/c1-8(2)10-4-5-11(18-10)17-7-16-12-9(3)14-6-15-13(12)17/h6-8,10-11H,3-5H2,1-2H3,(H,14,15). The summed E-state index contributed by atoms with van der Waals surface area (Å²) in [5.41, 5.74) is 1.60. The van der Waals surface area contributed by atoms with Gasteiger partial charge < -0.3 is 10.1 Å². The molecule has 0 aromatic carbocycles. The summed E-state index contributed by atoms with van der Waals surface area (Å²) >= 11 is 0. The fourth-order valence-corrected chi connectivity index (χ4v) is 2.49. The van der Waals surface area contributed by atoms with Crippen molar-refractivity contribution in [3.63, 3.8) is 0 Å². The molecule has 2 atom stereocenters. The Bertz CT molecular complexity index is 503. The van der Waals surface area contributed by atoms with Crippen LogP contribution in [0, 0.1) is 5.92 Å². The number of hydrogen-bond donors (Lipinski definition) is 1. The van der Waals surface area contributed by atoms with Gasteiger partial charge in [-0.25, -0.2) is 9.98 Å². The number of fused-ring (bicyclic) bond motifs is 1. The molecule has 2 unspecified atom stereocenters. The third-order valence-electron chi connectivity index (χ3n) is 3.56. The van der Waals surface area contributed by atoms with Crippen molar-refractivity contribution in [2.24, 2.45) is 10.9 Å². The first-order valence-electron chi connectivity index (χ1n) is 6.37. The molecule has 0 amide bonds. The molecular formula is C13H18N4O. The number of ether oxygens (including phenoxy) is 1. The van der Waals surface area contributed by atoms with Gasteiger partial charge in [-0.15, -0.1) is 0 Å². The highest BCUT2D eigenvalue weighted by Crippen LogP contribution is 2.36. The van der Waals surface area contributed by atoms with Gasteiger partial charge in [0.1, 0.15) is 11.9 Å². The average Bonchev–Trinajstić information content (AvgIpc) is 2.94. The van der Waals surface area contributed by atoms with Crippen molar-refractivity contribution >= 4 is 17.9 Å². The van der Waals surface area contributed by atoms with Crippen molar-refractivity contribution in [1.29, 1.82) is 0 Å². The molecule has 96 valence electrons. The smallest absolute Gasteiger partial charge is 0.165 e. The van der Waals surface area contributed by atoms with E-state index in [1.54, 1.807) is 12.7 Å². The number of rotatable bonds is 2. The van der Waals surface area contributed by atoms with Gasteiger partial charge in [-0.2, -0.15) is 0 Å². The third-order valence-corrected chi connectivity index (χ3v) is 3.56. The Labute approximate surface area is 107 Å². The van der Waals surface area contributed by atoms with Crippen LogP contribution in [-0.2, 0) is 4.74 Å². The van der Waals surface area contributed by atoms with Crippen molar-refractivity contribution in [2.75, 3.05) is 0 Å². The van der Waals surface area contributed by atoms with E-state index in [1.807, 2.05) is 4.57 Å². The molecule has 5 heteroatoms. The molecule has 0 saturated carbocycles. The number of imidazole rings is 1. The molecule has 3 rings (SSSR count). The summed E-state index contributed by atoms with van der Waals surface area (Å²) in [6.45, 7) is 8.31. The number of hydrogen-bond acceptors (Lipinski definition) is 4. The predicted molar refractivity (Wildman–Crippen MR) is 70.5 cm³/mol.